The van der Waals surface area contributed by atoms with Crippen LogP contribution in [-0.4, -0.2) is 29.2 Å². The summed E-state index contributed by atoms with van der Waals surface area (Å²) >= 11 is 0. The molecule has 1 aromatic heterocycles. The minimum Gasteiger partial charge on any atom is -0.383 e. The molecule has 0 saturated carbocycles. The lowest BCUT2D eigenvalue weighted by Crippen LogP contribution is -2.32. The van der Waals surface area contributed by atoms with Gasteiger partial charge in [-0.1, -0.05) is 0 Å². The number of rotatable bonds is 4. The van der Waals surface area contributed by atoms with E-state index in [0.29, 0.717) is 18.2 Å². The molecule has 0 aliphatic heterocycles. The lowest BCUT2D eigenvalue weighted by molar-refractivity contribution is 0.0343. The number of ether oxygens (including phenoxy) is 1. The normalized spacial score (nSPS) is 11.4. The maximum Gasteiger partial charge on any atom is 0.223 e. The van der Waals surface area contributed by atoms with Gasteiger partial charge in [-0.05, 0) is 13.8 Å². The van der Waals surface area contributed by atoms with Crippen LogP contribution in [0.15, 0.2) is 6.07 Å². The van der Waals surface area contributed by atoms with Crippen LogP contribution >= 0.6 is 0 Å². The second kappa shape index (κ2) is 4.31. The summed E-state index contributed by atoms with van der Waals surface area (Å²) in [6.45, 7) is 4.54. The van der Waals surface area contributed by atoms with Crippen LogP contribution in [0, 0.1) is 0 Å². The van der Waals surface area contributed by atoms with Crippen molar-refractivity contribution in [1.82, 2.24) is 9.97 Å². The quantitative estimate of drug-likeness (QED) is 0.669. The zero-order valence-electron chi connectivity index (χ0n) is 9.24. The van der Waals surface area contributed by atoms with Crippen LogP contribution in [-0.2, 0) is 4.74 Å². The summed E-state index contributed by atoms with van der Waals surface area (Å²) in [5, 5.41) is 3.08. The van der Waals surface area contributed by atoms with E-state index in [1.54, 1.807) is 13.2 Å². The number of nitrogens with one attached hydrogen (secondary N) is 1. The molecule has 1 rings (SSSR count). The van der Waals surface area contributed by atoms with Crippen LogP contribution in [0.25, 0.3) is 0 Å². The first-order valence-electron chi connectivity index (χ1n) is 4.62. The molecule has 0 atom stereocenters. The number of nitrogen functional groups attached to an aromatic ring is 2. The molecule has 0 radical (unpaired) electrons. The summed E-state index contributed by atoms with van der Waals surface area (Å²) < 4.78 is 5.25. The first kappa shape index (κ1) is 11.5. The summed E-state index contributed by atoms with van der Waals surface area (Å²) in [6.07, 6.45) is 0. The number of anilines is 3. The van der Waals surface area contributed by atoms with E-state index in [9.17, 15) is 0 Å². The minimum absolute atomic E-state index is 0.160. The second-order valence-electron chi connectivity index (χ2n) is 3.85. The van der Waals surface area contributed by atoms with E-state index in [2.05, 4.69) is 15.3 Å². The van der Waals surface area contributed by atoms with Gasteiger partial charge in [0.05, 0.1) is 5.60 Å². The molecule has 0 unspecified atom stereocenters. The fourth-order valence-corrected chi connectivity index (χ4v) is 0.951. The molecule has 15 heavy (non-hydrogen) atoms. The van der Waals surface area contributed by atoms with Crippen LogP contribution in [0.1, 0.15) is 13.8 Å². The first-order chi connectivity index (χ1) is 6.93. The Morgan fingerprint density at radius 2 is 2.07 bits per heavy atom. The highest BCUT2D eigenvalue weighted by atomic mass is 16.5. The number of nitrogens with two attached hydrogens (primary N) is 2. The Kier molecular flexibility index (Phi) is 3.31. The Morgan fingerprint density at radius 1 is 1.40 bits per heavy atom. The standard InChI is InChI=1S/C9H17N5O/c1-9(2,15-3)5-12-7-4-6(10)13-8(11)14-7/h4H,5H2,1-3H3,(H5,10,11,12,13,14). The maximum atomic E-state index is 5.53. The maximum absolute atomic E-state index is 5.53. The molecular formula is C9H17N5O. The van der Waals surface area contributed by atoms with Gasteiger partial charge in [-0.25, -0.2) is 0 Å². The van der Waals surface area contributed by atoms with Crippen LogP contribution in [0.2, 0.25) is 0 Å². The van der Waals surface area contributed by atoms with Gasteiger partial charge in [-0.15, -0.1) is 0 Å². The largest absolute Gasteiger partial charge is 0.383 e. The molecule has 1 aromatic rings. The number of hydrogen-bond donors (Lipinski definition) is 3. The van der Waals surface area contributed by atoms with Gasteiger partial charge in [0.2, 0.25) is 5.95 Å². The van der Waals surface area contributed by atoms with E-state index >= 15 is 0 Å². The minimum atomic E-state index is -0.269. The Labute approximate surface area is 89.0 Å². The Bertz CT molecular complexity index is 319. The highest BCUT2D eigenvalue weighted by Gasteiger charge is 2.16. The predicted octanol–water partition coefficient (Wildman–Crippen LogP) is 0.478. The molecule has 0 aromatic carbocycles. The summed E-state index contributed by atoms with van der Waals surface area (Å²) in [5.41, 5.74) is 10.7. The van der Waals surface area contributed by atoms with Crippen molar-refractivity contribution in [3.63, 3.8) is 0 Å². The third-order valence-electron chi connectivity index (χ3n) is 2.01. The molecule has 0 bridgehead atoms. The average Bonchev–Trinajstić information content (AvgIpc) is 2.14. The summed E-state index contributed by atoms with van der Waals surface area (Å²) in [4.78, 5) is 7.76. The van der Waals surface area contributed by atoms with Crippen molar-refractivity contribution in [3.05, 3.63) is 6.07 Å². The molecule has 0 saturated heterocycles. The van der Waals surface area contributed by atoms with Crippen LogP contribution in [0.5, 0.6) is 0 Å². The zero-order valence-corrected chi connectivity index (χ0v) is 9.24. The first-order valence-corrected chi connectivity index (χ1v) is 4.62. The van der Waals surface area contributed by atoms with Gasteiger partial charge in [0, 0.05) is 19.7 Å². The number of hydrogen-bond acceptors (Lipinski definition) is 6. The van der Waals surface area contributed by atoms with E-state index in [-0.39, 0.29) is 11.5 Å². The van der Waals surface area contributed by atoms with Gasteiger partial charge in [-0.2, -0.15) is 9.97 Å². The number of methoxy groups -OCH3 is 1. The molecule has 84 valence electrons. The smallest absolute Gasteiger partial charge is 0.223 e. The molecule has 0 fully saturated rings. The van der Waals surface area contributed by atoms with E-state index in [4.69, 9.17) is 16.2 Å². The highest BCUT2D eigenvalue weighted by molar-refractivity contribution is 5.48. The molecule has 0 amide bonds. The van der Waals surface area contributed by atoms with Crippen molar-refractivity contribution in [2.75, 3.05) is 30.4 Å². The molecular weight excluding hydrogens is 194 g/mol. The van der Waals surface area contributed by atoms with Crippen LogP contribution in [0.4, 0.5) is 17.6 Å². The summed E-state index contributed by atoms with van der Waals surface area (Å²) in [5.74, 6) is 1.11. The monoisotopic (exact) mass is 211 g/mol. The fraction of sp³-hybridized carbons (Fsp3) is 0.556. The van der Waals surface area contributed by atoms with Crippen LogP contribution in [0.3, 0.4) is 0 Å². The van der Waals surface area contributed by atoms with Crippen molar-refractivity contribution in [2.45, 2.75) is 19.4 Å². The Morgan fingerprint density at radius 3 is 2.60 bits per heavy atom. The van der Waals surface area contributed by atoms with Crippen molar-refractivity contribution >= 4 is 17.6 Å². The number of nitrogens with zero attached hydrogens (tertiary/aromatic N) is 2. The SMILES string of the molecule is COC(C)(C)CNc1cc(N)nc(N)n1. The third-order valence-corrected chi connectivity index (χ3v) is 2.01. The van der Waals surface area contributed by atoms with Gasteiger partial charge < -0.3 is 21.5 Å². The molecule has 6 heteroatoms. The van der Waals surface area contributed by atoms with Gasteiger partial charge in [0.1, 0.15) is 11.6 Å². The molecule has 0 spiro atoms. The predicted molar refractivity (Wildman–Crippen MR) is 60.4 cm³/mol. The van der Waals surface area contributed by atoms with E-state index in [0.717, 1.165) is 0 Å². The van der Waals surface area contributed by atoms with Crippen molar-refractivity contribution < 1.29 is 4.74 Å². The van der Waals surface area contributed by atoms with Gasteiger partial charge >= 0.3 is 0 Å². The topological polar surface area (TPSA) is 99.1 Å². The molecule has 5 N–H and O–H groups in total. The van der Waals surface area contributed by atoms with E-state index < -0.39 is 0 Å². The summed E-state index contributed by atoms with van der Waals surface area (Å²) in [7, 11) is 1.66. The lowest BCUT2D eigenvalue weighted by Gasteiger charge is -2.23. The Hall–Kier alpha value is -1.56. The van der Waals surface area contributed by atoms with Gasteiger partial charge in [-0.3, -0.25) is 0 Å². The van der Waals surface area contributed by atoms with E-state index in [1.807, 2.05) is 13.8 Å². The summed E-state index contributed by atoms with van der Waals surface area (Å²) in [6, 6.07) is 1.63. The molecule has 0 aliphatic rings. The van der Waals surface area contributed by atoms with Gasteiger partial charge in [0.25, 0.3) is 0 Å². The molecule has 6 nitrogen and oxygen atoms in total. The van der Waals surface area contributed by atoms with E-state index in [1.165, 1.54) is 0 Å². The Balaban J connectivity index is 2.65. The van der Waals surface area contributed by atoms with Crippen molar-refractivity contribution in [1.29, 1.82) is 0 Å². The lowest BCUT2D eigenvalue weighted by atomic mass is 10.1. The number of aromatic nitrogens is 2. The van der Waals surface area contributed by atoms with Crippen LogP contribution < -0.4 is 16.8 Å². The van der Waals surface area contributed by atoms with Gasteiger partial charge in [0.15, 0.2) is 0 Å². The average molecular weight is 211 g/mol. The zero-order chi connectivity index (χ0) is 11.5. The second-order valence-corrected chi connectivity index (χ2v) is 3.85. The molecule has 1 heterocycles. The van der Waals surface area contributed by atoms with Crippen molar-refractivity contribution in [2.24, 2.45) is 0 Å². The third kappa shape index (κ3) is 3.59. The van der Waals surface area contributed by atoms with Crippen molar-refractivity contribution in [3.8, 4) is 0 Å². The highest BCUT2D eigenvalue weighted by Crippen LogP contribution is 2.12. The molecule has 0 aliphatic carbocycles. The fourth-order valence-electron chi connectivity index (χ4n) is 0.951.